The summed E-state index contributed by atoms with van der Waals surface area (Å²) in [6.07, 6.45) is 1.85. The number of hydrogen-bond acceptors (Lipinski definition) is 4. The van der Waals surface area contributed by atoms with Crippen LogP contribution in [0, 0.1) is 13.8 Å². The lowest BCUT2D eigenvalue weighted by atomic mass is 10.1. The van der Waals surface area contributed by atoms with Crippen molar-refractivity contribution in [3.8, 4) is 0 Å². The zero-order valence-corrected chi connectivity index (χ0v) is 16.9. The number of rotatable bonds is 3. The first-order chi connectivity index (χ1) is 13.5. The van der Waals surface area contributed by atoms with E-state index in [9.17, 15) is 4.79 Å². The van der Waals surface area contributed by atoms with E-state index in [4.69, 9.17) is 17.0 Å². The molecule has 4 rings (SSSR count). The predicted molar refractivity (Wildman–Crippen MR) is 117 cm³/mol. The number of carbonyl (C=O) groups is 1. The Kier molecular flexibility index (Phi) is 5.15. The zero-order chi connectivity index (χ0) is 19.7. The maximum atomic E-state index is 12.9. The van der Waals surface area contributed by atoms with Crippen molar-refractivity contribution in [1.82, 2.24) is 5.32 Å². The Morgan fingerprint density at radius 2 is 1.64 bits per heavy atom. The summed E-state index contributed by atoms with van der Waals surface area (Å²) in [4.78, 5) is 16.8. The second-order valence-corrected chi connectivity index (χ2v) is 7.55. The zero-order valence-electron chi connectivity index (χ0n) is 16.1. The molecule has 1 amide bonds. The molecule has 1 N–H and O–H groups in total. The van der Waals surface area contributed by atoms with E-state index >= 15 is 0 Å². The number of carbonyl (C=O) groups excluding carboxylic acids is 1. The van der Waals surface area contributed by atoms with Crippen molar-refractivity contribution in [3.05, 3.63) is 64.9 Å². The third kappa shape index (κ3) is 3.79. The molecule has 0 unspecified atom stereocenters. The lowest BCUT2D eigenvalue weighted by Crippen LogP contribution is -2.36. The highest BCUT2D eigenvalue weighted by Crippen LogP contribution is 2.25. The van der Waals surface area contributed by atoms with Gasteiger partial charge >= 0.3 is 0 Å². The Hall–Kier alpha value is -2.70. The van der Waals surface area contributed by atoms with Crippen molar-refractivity contribution >= 4 is 40.7 Å². The van der Waals surface area contributed by atoms with Crippen LogP contribution in [0.3, 0.4) is 0 Å². The quantitative estimate of drug-likeness (QED) is 0.640. The third-order valence-corrected chi connectivity index (χ3v) is 5.21. The van der Waals surface area contributed by atoms with Crippen LogP contribution >= 0.6 is 12.2 Å². The van der Waals surface area contributed by atoms with E-state index in [-0.39, 0.29) is 5.91 Å². The molecule has 2 aliphatic rings. The van der Waals surface area contributed by atoms with Gasteiger partial charge < -0.3 is 15.0 Å². The Labute approximate surface area is 170 Å². The van der Waals surface area contributed by atoms with Crippen LogP contribution in [0.5, 0.6) is 0 Å². The summed E-state index contributed by atoms with van der Waals surface area (Å²) < 4.78 is 5.40. The summed E-state index contributed by atoms with van der Waals surface area (Å²) in [6.45, 7) is 7.35. The summed E-state index contributed by atoms with van der Waals surface area (Å²) >= 11 is 5.42. The van der Waals surface area contributed by atoms with Crippen LogP contribution in [-0.2, 0) is 9.53 Å². The van der Waals surface area contributed by atoms with Gasteiger partial charge in [-0.3, -0.25) is 9.69 Å². The highest BCUT2D eigenvalue weighted by Gasteiger charge is 2.32. The normalized spacial score (nSPS) is 18.7. The van der Waals surface area contributed by atoms with Gasteiger partial charge in [0.05, 0.1) is 18.9 Å². The first-order valence-corrected chi connectivity index (χ1v) is 9.80. The highest BCUT2D eigenvalue weighted by atomic mass is 32.1. The molecule has 0 aromatic heterocycles. The van der Waals surface area contributed by atoms with Gasteiger partial charge in [0, 0.05) is 18.8 Å². The van der Waals surface area contributed by atoms with E-state index in [1.807, 2.05) is 44.2 Å². The first kappa shape index (κ1) is 18.7. The molecule has 2 heterocycles. The third-order valence-electron chi connectivity index (χ3n) is 4.92. The van der Waals surface area contributed by atoms with Gasteiger partial charge in [0.25, 0.3) is 5.91 Å². The summed E-state index contributed by atoms with van der Waals surface area (Å²) in [5.41, 5.74) is 5.61. The average Bonchev–Trinajstić information content (AvgIpc) is 2.95. The molecule has 2 aliphatic heterocycles. The first-order valence-electron chi connectivity index (χ1n) is 9.39. The van der Waals surface area contributed by atoms with Gasteiger partial charge in [0.2, 0.25) is 0 Å². The largest absolute Gasteiger partial charge is 0.378 e. The van der Waals surface area contributed by atoms with Crippen molar-refractivity contribution in [2.24, 2.45) is 0 Å². The summed E-state index contributed by atoms with van der Waals surface area (Å²) in [7, 11) is 0. The minimum atomic E-state index is -0.132. The van der Waals surface area contributed by atoms with Gasteiger partial charge in [-0.1, -0.05) is 18.2 Å². The van der Waals surface area contributed by atoms with Gasteiger partial charge in [-0.25, -0.2) is 0 Å². The fourth-order valence-corrected chi connectivity index (χ4v) is 3.92. The molecule has 2 aromatic rings. The van der Waals surface area contributed by atoms with E-state index in [1.165, 1.54) is 5.69 Å². The van der Waals surface area contributed by atoms with E-state index in [1.54, 1.807) is 4.90 Å². The number of amides is 1. The predicted octanol–water partition coefficient (Wildman–Crippen LogP) is 3.40. The van der Waals surface area contributed by atoms with Crippen molar-refractivity contribution in [3.63, 3.8) is 0 Å². The molecule has 2 fully saturated rings. The van der Waals surface area contributed by atoms with E-state index in [2.05, 4.69) is 28.4 Å². The number of anilines is 2. The van der Waals surface area contributed by atoms with Crippen LogP contribution < -0.4 is 15.1 Å². The maximum Gasteiger partial charge on any atom is 0.281 e. The van der Waals surface area contributed by atoms with Crippen LogP contribution in [0.1, 0.15) is 16.7 Å². The number of ether oxygens (including phenoxy) is 1. The van der Waals surface area contributed by atoms with Gasteiger partial charge in [0.1, 0.15) is 5.70 Å². The Bertz CT molecular complexity index is 927. The Morgan fingerprint density at radius 1 is 1.00 bits per heavy atom. The number of benzene rings is 2. The van der Waals surface area contributed by atoms with Gasteiger partial charge in [-0.15, -0.1) is 0 Å². The van der Waals surface area contributed by atoms with Crippen molar-refractivity contribution < 1.29 is 9.53 Å². The molecule has 0 aliphatic carbocycles. The smallest absolute Gasteiger partial charge is 0.281 e. The summed E-state index contributed by atoms with van der Waals surface area (Å²) in [5.74, 6) is -0.132. The topological polar surface area (TPSA) is 44.8 Å². The van der Waals surface area contributed by atoms with Gasteiger partial charge in [0.15, 0.2) is 5.11 Å². The molecule has 0 saturated carbocycles. The fraction of sp³-hybridized carbons (Fsp3) is 0.273. The summed E-state index contributed by atoms with van der Waals surface area (Å²) in [6, 6.07) is 14.2. The van der Waals surface area contributed by atoms with Crippen molar-refractivity contribution in [1.29, 1.82) is 0 Å². The number of aryl methyl sites for hydroxylation is 2. The fourth-order valence-electron chi connectivity index (χ4n) is 3.62. The average molecular weight is 394 g/mol. The molecule has 5 nitrogen and oxygen atoms in total. The maximum absolute atomic E-state index is 12.9. The molecule has 144 valence electrons. The lowest BCUT2D eigenvalue weighted by Gasteiger charge is -2.28. The molecule has 0 atom stereocenters. The summed E-state index contributed by atoms with van der Waals surface area (Å²) in [5, 5.41) is 3.47. The molecular formula is C22H23N3O2S. The number of hydrogen-bond donors (Lipinski definition) is 1. The molecule has 0 bridgehead atoms. The number of nitrogens with one attached hydrogen (secondary N) is 1. The van der Waals surface area contributed by atoms with Gasteiger partial charge in [-0.05, 0) is 73.1 Å². The monoisotopic (exact) mass is 393 g/mol. The van der Waals surface area contributed by atoms with E-state index in [0.717, 1.165) is 48.7 Å². The molecule has 2 aromatic carbocycles. The SMILES string of the molecule is Cc1cc(C)cc(N2C(=O)/C(=C\c3ccc(N4CCOCC4)cc3)NC2=S)c1. The molecule has 28 heavy (non-hydrogen) atoms. The van der Waals surface area contributed by atoms with Crippen LogP contribution in [0.15, 0.2) is 48.2 Å². The van der Waals surface area contributed by atoms with Crippen LogP contribution in [0.2, 0.25) is 0 Å². The standard InChI is InChI=1S/C22H23N3O2S/c1-15-11-16(2)13-19(12-15)25-21(26)20(23-22(25)28)14-17-3-5-18(6-4-17)24-7-9-27-10-8-24/h3-6,11-14H,7-10H2,1-2H3,(H,23,28)/b20-14+. The van der Waals surface area contributed by atoms with Crippen LogP contribution in [-0.4, -0.2) is 37.3 Å². The molecule has 2 saturated heterocycles. The number of morpholine rings is 1. The minimum Gasteiger partial charge on any atom is -0.378 e. The van der Waals surface area contributed by atoms with E-state index < -0.39 is 0 Å². The van der Waals surface area contributed by atoms with Crippen molar-refractivity contribution in [2.45, 2.75) is 13.8 Å². The van der Waals surface area contributed by atoms with Gasteiger partial charge in [-0.2, -0.15) is 0 Å². The Balaban J connectivity index is 1.55. The number of thiocarbonyl (C=S) groups is 1. The van der Waals surface area contributed by atoms with Crippen LogP contribution in [0.4, 0.5) is 11.4 Å². The minimum absolute atomic E-state index is 0.132. The van der Waals surface area contributed by atoms with Crippen LogP contribution in [0.25, 0.3) is 6.08 Å². The second-order valence-electron chi connectivity index (χ2n) is 7.17. The van der Waals surface area contributed by atoms with E-state index in [0.29, 0.717) is 10.8 Å². The Morgan fingerprint density at radius 3 is 2.29 bits per heavy atom. The molecule has 0 spiro atoms. The van der Waals surface area contributed by atoms with Crippen molar-refractivity contribution in [2.75, 3.05) is 36.1 Å². The second kappa shape index (κ2) is 7.73. The lowest BCUT2D eigenvalue weighted by molar-refractivity contribution is -0.113. The molecule has 6 heteroatoms. The molecular weight excluding hydrogens is 370 g/mol. The molecule has 0 radical (unpaired) electrons. The number of nitrogens with zero attached hydrogens (tertiary/aromatic N) is 2. The highest BCUT2D eigenvalue weighted by molar-refractivity contribution is 7.80.